The minimum Gasteiger partial charge on any atom is -0.467 e. The predicted molar refractivity (Wildman–Crippen MR) is 237 cm³/mol. The van der Waals surface area contributed by atoms with E-state index in [1.165, 1.54) is 36.3 Å². The molecule has 2 saturated carbocycles. The van der Waals surface area contributed by atoms with Gasteiger partial charge in [-0.05, 0) is 82.6 Å². The van der Waals surface area contributed by atoms with Crippen LogP contribution in [0.25, 0.3) is 0 Å². The lowest BCUT2D eigenvalue weighted by Gasteiger charge is -2.26. The van der Waals surface area contributed by atoms with Crippen LogP contribution in [0.5, 0.6) is 0 Å². The van der Waals surface area contributed by atoms with Gasteiger partial charge < -0.3 is 34.9 Å². The quantitative estimate of drug-likeness (QED) is 0.0534. The van der Waals surface area contributed by atoms with E-state index in [-0.39, 0.29) is 49.2 Å². The van der Waals surface area contributed by atoms with Crippen LogP contribution in [0.2, 0.25) is 0 Å². The summed E-state index contributed by atoms with van der Waals surface area (Å²) in [5.41, 5.74) is -0.432. The Kier molecular flexibility index (Phi) is 16.5. The first-order valence-corrected chi connectivity index (χ1v) is 24.1. The fraction of sp³-hybridized carbons (Fsp3) is 0.565. The number of esters is 1. The molecule has 0 radical (unpaired) electrons. The molecule has 0 bridgehead atoms. The third kappa shape index (κ3) is 12.3. The fourth-order valence-electron chi connectivity index (χ4n) is 8.73. The van der Waals surface area contributed by atoms with Crippen LogP contribution in [0, 0.1) is 11.7 Å². The predicted octanol–water partition coefficient (Wildman–Crippen LogP) is 5.79. The molecule has 6 rings (SSSR count). The van der Waals surface area contributed by atoms with Gasteiger partial charge in [-0.25, -0.2) is 36.7 Å². The molecule has 2 aliphatic carbocycles. The third-order valence-corrected chi connectivity index (χ3v) is 13.8. The number of ether oxygens (including phenoxy) is 4. The number of likely N-dealkylation sites (tertiary alicyclic amines) is 1. The second-order valence-corrected chi connectivity index (χ2v) is 19.2. The lowest BCUT2D eigenvalue weighted by Crippen LogP contribution is -2.56. The molecule has 0 unspecified atom stereocenters. The van der Waals surface area contributed by atoms with Crippen LogP contribution >= 0.6 is 0 Å². The molecule has 0 spiro atoms. The summed E-state index contributed by atoms with van der Waals surface area (Å²) in [6, 6.07) is 8.61. The number of rotatable bonds is 20. The van der Waals surface area contributed by atoms with Gasteiger partial charge in [0.05, 0.1) is 32.0 Å². The summed E-state index contributed by atoms with van der Waals surface area (Å²) in [5.74, 6) is -3.41. The highest BCUT2D eigenvalue weighted by molar-refractivity contribution is 7.90. The molecule has 2 aromatic rings. The number of sulfonamides is 1. The number of methoxy groups -OCH3 is 1. The number of alkyl carbamates (subject to hydrolysis) is 1. The van der Waals surface area contributed by atoms with Crippen LogP contribution in [0.1, 0.15) is 102 Å². The van der Waals surface area contributed by atoms with Crippen molar-refractivity contribution in [3.63, 3.8) is 0 Å². The van der Waals surface area contributed by atoms with E-state index in [1.54, 1.807) is 38.1 Å². The molecule has 4 aliphatic rings. The van der Waals surface area contributed by atoms with Gasteiger partial charge >= 0.3 is 24.2 Å². The average molecular weight is 941 g/mol. The zero-order chi connectivity index (χ0) is 47.6. The van der Waals surface area contributed by atoms with E-state index in [4.69, 9.17) is 18.9 Å². The molecule has 1 saturated heterocycles. The smallest absolute Gasteiger partial charge is 0.410 e. The highest BCUT2D eigenvalue weighted by atomic mass is 32.2. The Morgan fingerprint density at radius 3 is 2.35 bits per heavy atom. The Morgan fingerprint density at radius 1 is 0.924 bits per heavy atom. The number of carbonyl (C=O) groups is 6. The van der Waals surface area contributed by atoms with Crippen LogP contribution in [0.3, 0.4) is 0 Å². The number of benzene rings is 2. The molecule has 66 heavy (non-hydrogen) atoms. The Labute approximate surface area is 384 Å². The molecule has 2 heterocycles. The second-order valence-electron chi connectivity index (χ2n) is 17.5. The molecule has 5 atom stereocenters. The molecule has 4 N–H and O–H groups in total. The first-order chi connectivity index (χ1) is 31.5. The Morgan fingerprint density at radius 2 is 1.65 bits per heavy atom. The molecule has 2 aliphatic heterocycles. The summed E-state index contributed by atoms with van der Waals surface area (Å²) in [5, 5.41) is 8.47. The highest BCUT2D eigenvalue weighted by Gasteiger charge is 2.61. The topological polar surface area (TPSA) is 228 Å². The molecule has 0 aromatic heterocycles. The molecule has 5 amide bonds. The number of carbonyl (C=O) groups excluding carboxylic acids is 6. The number of hydrogen-bond donors (Lipinski definition) is 4. The van der Waals surface area contributed by atoms with E-state index < -0.39 is 87.7 Å². The van der Waals surface area contributed by atoms with Crippen molar-refractivity contribution in [2.45, 2.75) is 145 Å². The largest absolute Gasteiger partial charge is 0.467 e. The molecule has 3 fully saturated rings. The van der Waals surface area contributed by atoms with Crippen molar-refractivity contribution in [1.29, 1.82) is 0 Å². The number of para-hydroxylation sites is 1. The number of nitrogens with one attached hydrogen (secondary N) is 4. The van der Waals surface area contributed by atoms with Crippen molar-refractivity contribution in [2.24, 2.45) is 5.92 Å². The van der Waals surface area contributed by atoms with Crippen LogP contribution < -0.4 is 20.7 Å². The monoisotopic (exact) mass is 940 g/mol. The summed E-state index contributed by atoms with van der Waals surface area (Å²) < 4.78 is 65.6. The minimum absolute atomic E-state index is 0.00920. The van der Waals surface area contributed by atoms with Gasteiger partial charge in [0.25, 0.3) is 15.9 Å². The number of fused-ring (bicyclic) bond motifs is 1. The minimum atomic E-state index is -4.49. The van der Waals surface area contributed by atoms with E-state index in [9.17, 15) is 41.6 Å². The standard InChI is InChI=1S/C46H61FN6O12S/c1-5-31-25-46(31,50-40(54)38-24-33(27-53(38)45(59)63-29(2)3)65-44(58)52-26-30-16-15-19-35(47)34(30)28-52)42(56)51-66(60,61)39-22-13-12-20-36(39)48-23-14-8-6-7-9-21-37(41(55)62-4)49-43(57)64-32-17-10-11-18-32/h5,12-13,15-16,19-20,22,29,31-33,37-38,48H,1,6-11,14,17-18,21,23-28H2,2-4H3,(H,49,57)(H,50,54)(H,51,56)/t31-,33-,37+,38+,46-/m1/s1. The van der Waals surface area contributed by atoms with Crippen molar-refractivity contribution in [3.05, 3.63) is 72.1 Å². The van der Waals surface area contributed by atoms with Crippen LogP contribution in [0.4, 0.5) is 24.5 Å². The van der Waals surface area contributed by atoms with Gasteiger partial charge in [0, 0.05) is 31.0 Å². The van der Waals surface area contributed by atoms with E-state index in [2.05, 4.69) is 27.3 Å². The summed E-state index contributed by atoms with van der Waals surface area (Å²) >= 11 is 0. The zero-order valence-corrected chi connectivity index (χ0v) is 38.5. The maximum absolute atomic E-state index is 14.4. The van der Waals surface area contributed by atoms with Gasteiger partial charge in [0.1, 0.15) is 40.5 Å². The summed E-state index contributed by atoms with van der Waals surface area (Å²) in [6.07, 6.45) is 5.20. The third-order valence-electron chi connectivity index (χ3n) is 12.4. The number of unbranched alkanes of at least 4 members (excludes halogenated alkanes) is 4. The molecule has 2 aromatic carbocycles. The Balaban J connectivity index is 1.00. The van der Waals surface area contributed by atoms with Crippen molar-refractivity contribution >= 4 is 51.8 Å². The Hall–Kier alpha value is -5.92. The van der Waals surface area contributed by atoms with Gasteiger partial charge in [-0.2, -0.15) is 0 Å². The molecule has 20 heteroatoms. The fourth-order valence-corrected chi connectivity index (χ4v) is 9.96. The summed E-state index contributed by atoms with van der Waals surface area (Å²) in [4.78, 5) is 81.3. The zero-order valence-electron chi connectivity index (χ0n) is 37.7. The SMILES string of the molecule is C=C[C@@H]1C[C@]1(NC(=O)[C@@H]1C[C@@H](OC(=O)N2Cc3cccc(F)c3C2)CN1C(=O)OC(C)C)C(=O)NS(=O)(=O)c1ccccc1NCCCCCCC[C@H](NC(=O)OC1CCCC1)C(=O)OC. The average Bonchev–Trinajstić information content (AvgIpc) is 3.68. The highest BCUT2D eigenvalue weighted by Crippen LogP contribution is 2.45. The van der Waals surface area contributed by atoms with Gasteiger partial charge in [-0.15, -0.1) is 6.58 Å². The van der Waals surface area contributed by atoms with Crippen molar-refractivity contribution in [2.75, 3.05) is 25.5 Å². The van der Waals surface area contributed by atoms with Crippen LogP contribution in [-0.4, -0.2) is 110 Å². The number of halogens is 1. The molecular formula is C46H61FN6O12S. The van der Waals surface area contributed by atoms with Gasteiger partial charge in [0.15, 0.2) is 0 Å². The first kappa shape index (κ1) is 49.5. The maximum Gasteiger partial charge on any atom is 0.410 e. The van der Waals surface area contributed by atoms with Gasteiger partial charge in [0.2, 0.25) is 5.91 Å². The van der Waals surface area contributed by atoms with E-state index >= 15 is 0 Å². The summed E-state index contributed by atoms with van der Waals surface area (Å²) in [7, 11) is -3.22. The first-order valence-electron chi connectivity index (χ1n) is 22.6. The maximum atomic E-state index is 14.4. The second kappa shape index (κ2) is 22.0. The van der Waals surface area contributed by atoms with E-state index in [0.29, 0.717) is 36.9 Å². The molecule has 360 valence electrons. The van der Waals surface area contributed by atoms with Gasteiger partial charge in [-0.1, -0.05) is 56.0 Å². The van der Waals surface area contributed by atoms with Crippen molar-refractivity contribution in [3.8, 4) is 0 Å². The summed E-state index contributed by atoms with van der Waals surface area (Å²) in [6.45, 7) is 7.34. The van der Waals surface area contributed by atoms with E-state index in [0.717, 1.165) is 49.8 Å². The number of hydrogen-bond acceptors (Lipinski definition) is 13. The lowest BCUT2D eigenvalue weighted by atomic mass is 10.1. The number of anilines is 1. The van der Waals surface area contributed by atoms with Crippen LogP contribution in [0.15, 0.2) is 60.0 Å². The molecular weight excluding hydrogens is 880 g/mol. The lowest BCUT2D eigenvalue weighted by molar-refractivity contribution is -0.143. The normalized spacial score (nSPS) is 21.6. The van der Waals surface area contributed by atoms with Crippen molar-refractivity contribution in [1.82, 2.24) is 25.2 Å². The van der Waals surface area contributed by atoms with Crippen LogP contribution in [-0.2, 0) is 56.4 Å². The van der Waals surface area contributed by atoms with Crippen molar-refractivity contribution < 1.29 is 60.5 Å². The Bertz CT molecular complexity index is 2240. The van der Waals surface area contributed by atoms with E-state index in [1.807, 2.05) is 0 Å². The van der Waals surface area contributed by atoms with Gasteiger partial charge in [-0.3, -0.25) is 19.4 Å². The number of amides is 5. The number of nitrogens with zero attached hydrogens (tertiary/aromatic N) is 2. The molecule has 18 nitrogen and oxygen atoms in total.